The summed E-state index contributed by atoms with van der Waals surface area (Å²) in [7, 11) is 0. The van der Waals surface area contributed by atoms with Gasteiger partial charge in [0.1, 0.15) is 5.82 Å². The third-order valence-electron chi connectivity index (χ3n) is 4.62. The Hall–Kier alpha value is -3.45. The monoisotopic (exact) mass is 375 g/mol. The third kappa shape index (κ3) is 3.52. The molecule has 0 bridgehead atoms. The normalized spacial score (nSPS) is 13.1. The van der Waals surface area contributed by atoms with Gasteiger partial charge in [-0.1, -0.05) is 17.7 Å². The van der Waals surface area contributed by atoms with E-state index in [0.29, 0.717) is 24.5 Å². The van der Waals surface area contributed by atoms with E-state index in [0.717, 1.165) is 33.9 Å². The first kappa shape index (κ1) is 17.9. The Morgan fingerprint density at radius 1 is 1.14 bits per heavy atom. The van der Waals surface area contributed by atoms with E-state index < -0.39 is 0 Å². The molecule has 0 spiro atoms. The molecule has 1 aliphatic rings. The van der Waals surface area contributed by atoms with Crippen molar-refractivity contribution in [1.29, 1.82) is 0 Å². The van der Waals surface area contributed by atoms with E-state index in [1.165, 1.54) is 6.92 Å². The van der Waals surface area contributed by atoms with Crippen molar-refractivity contribution >= 4 is 28.9 Å². The molecule has 0 fully saturated rings. The molecule has 0 unspecified atom stereocenters. The van der Waals surface area contributed by atoms with Crippen molar-refractivity contribution in [3.63, 3.8) is 0 Å². The van der Waals surface area contributed by atoms with Gasteiger partial charge in [0.25, 0.3) is 0 Å². The standard InChI is InChI=1S/C21H21N5O2/c1-12-3-5-15(6-4-12)25-21-19-16(10-22-11-17(19)28)26-20(21)14-7-8-23-18(9-14)24-13(2)27/h3-9,22,25-26H,10-11H2,1-2H3,(H,23,24,27). The van der Waals surface area contributed by atoms with Crippen molar-refractivity contribution in [2.75, 3.05) is 17.2 Å². The minimum Gasteiger partial charge on any atom is -0.355 e. The highest BCUT2D eigenvalue weighted by molar-refractivity contribution is 6.08. The molecule has 142 valence electrons. The predicted octanol–water partition coefficient (Wildman–Crippen LogP) is 3.37. The van der Waals surface area contributed by atoms with Crippen LogP contribution in [0.2, 0.25) is 0 Å². The largest absolute Gasteiger partial charge is 0.355 e. The van der Waals surface area contributed by atoms with Crippen LogP contribution in [0.5, 0.6) is 0 Å². The molecule has 3 heterocycles. The maximum atomic E-state index is 12.6. The van der Waals surface area contributed by atoms with E-state index in [-0.39, 0.29) is 11.7 Å². The number of Topliss-reactive ketones (excluding diaryl/α,β-unsaturated/α-hetero) is 1. The number of ketones is 1. The summed E-state index contributed by atoms with van der Waals surface area (Å²) in [4.78, 5) is 31.5. The number of fused-ring (bicyclic) bond motifs is 1. The molecule has 7 heteroatoms. The van der Waals surface area contributed by atoms with Crippen LogP contribution in [-0.4, -0.2) is 28.2 Å². The van der Waals surface area contributed by atoms with Gasteiger partial charge in [-0.15, -0.1) is 0 Å². The van der Waals surface area contributed by atoms with Gasteiger partial charge in [0.05, 0.1) is 23.5 Å². The Kier molecular flexibility index (Phi) is 4.67. The van der Waals surface area contributed by atoms with Crippen LogP contribution in [0.25, 0.3) is 11.3 Å². The van der Waals surface area contributed by atoms with Gasteiger partial charge in [-0.05, 0) is 31.2 Å². The molecule has 0 atom stereocenters. The molecule has 2 aromatic heterocycles. The fourth-order valence-electron chi connectivity index (χ4n) is 3.34. The van der Waals surface area contributed by atoms with Crippen molar-refractivity contribution in [3.05, 3.63) is 59.4 Å². The van der Waals surface area contributed by atoms with Crippen LogP contribution in [-0.2, 0) is 11.3 Å². The van der Waals surface area contributed by atoms with Gasteiger partial charge in [-0.25, -0.2) is 4.98 Å². The highest BCUT2D eigenvalue weighted by Crippen LogP contribution is 2.37. The Balaban J connectivity index is 1.82. The van der Waals surface area contributed by atoms with Crippen molar-refractivity contribution in [3.8, 4) is 11.3 Å². The van der Waals surface area contributed by atoms with Gasteiger partial charge in [0.2, 0.25) is 5.91 Å². The minimum atomic E-state index is -0.187. The summed E-state index contributed by atoms with van der Waals surface area (Å²) >= 11 is 0. The predicted molar refractivity (Wildman–Crippen MR) is 109 cm³/mol. The number of rotatable bonds is 4. The molecule has 1 aromatic carbocycles. The number of pyridine rings is 1. The second-order valence-corrected chi connectivity index (χ2v) is 6.86. The number of carbonyl (C=O) groups excluding carboxylic acids is 2. The molecule has 1 aliphatic heterocycles. The van der Waals surface area contributed by atoms with Crippen LogP contribution in [0.15, 0.2) is 42.6 Å². The summed E-state index contributed by atoms with van der Waals surface area (Å²) in [6.45, 7) is 4.37. The number of nitrogens with one attached hydrogen (secondary N) is 4. The lowest BCUT2D eigenvalue weighted by Gasteiger charge is -2.15. The number of hydrogen-bond donors (Lipinski definition) is 4. The number of H-pyrrole nitrogens is 1. The van der Waals surface area contributed by atoms with Crippen LogP contribution in [0.4, 0.5) is 17.2 Å². The second-order valence-electron chi connectivity index (χ2n) is 6.86. The molecular formula is C21H21N5O2. The average Bonchev–Trinajstić information content (AvgIpc) is 3.03. The number of aryl methyl sites for hydroxylation is 1. The molecule has 0 aliphatic carbocycles. The van der Waals surface area contributed by atoms with E-state index in [1.807, 2.05) is 37.3 Å². The van der Waals surface area contributed by atoms with Crippen LogP contribution >= 0.6 is 0 Å². The molecule has 1 amide bonds. The Labute approximate surface area is 162 Å². The summed E-state index contributed by atoms with van der Waals surface area (Å²) in [6, 6.07) is 11.6. The van der Waals surface area contributed by atoms with Gasteiger partial charge in [0, 0.05) is 36.6 Å². The average molecular weight is 375 g/mol. The first-order valence-corrected chi connectivity index (χ1v) is 9.07. The van der Waals surface area contributed by atoms with Crippen molar-refractivity contribution in [2.45, 2.75) is 20.4 Å². The van der Waals surface area contributed by atoms with E-state index >= 15 is 0 Å². The minimum absolute atomic E-state index is 0.0366. The third-order valence-corrected chi connectivity index (χ3v) is 4.62. The number of aromatic amines is 1. The zero-order valence-electron chi connectivity index (χ0n) is 15.7. The van der Waals surface area contributed by atoms with Crippen LogP contribution in [0.1, 0.15) is 28.5 Å². The van der Waals surface area contributed by atoms with Crippen molar-refractivity contribution in [2.24, 2.45) is 0 Å². The molecule has 3 aromatic rings. The lowest BCUT2D eigenvalue weighted by atomic mass is 10.0. The Morgan fingerprint density at radius 2 is 1.93 bits per heavy atom. The summed E-state index contributed by atoms with van der Waals surface area (Å²) in [5.41, 5.74) is 5.94. The van der Waals surface area contributed by atoms with Gasteiger partial charge >= 0.3 is 0 Å². The number of amides is 1. The molecule has 0 radical (unpaired) electrons. The smallest absolute Gasteiger partial charge is 0.222 e. The molecule has 4 rings (SSSR count). The molecule has 7 nitrogen and oxygen atoms in total. The maximum absolute atomic E-state index is 12.6. The second kappa shape index (κ2) is 7.28. The number of aromatic nitrogens is 2. The fraction of sp³-hybridized carbons (Fsp3) is 0.190. The van der Waals surface area contributed by atoms with Gasteiger partial charge in [-0.2, -0.15) is 0 Å². The lowest BCUT2D eigenvalue weighted by Crippen LogP contribution is -2.29. The maximum Gasteiger partial charge on any atom is 0.222 e. The SMILES string of the molecule is CC(=O)Nc1cc(-c2[nH]c3c(c2Nc2ccc(C)cc2)C(=O)CNC3)ccn1. The molecule has 28 heavy (non-hydrogen) atoms. The van der Waals surface area contributed by atoms with Crippen LogP contribution < -0.4 is 16.0 Å². The summed E-state index contributed by atoms with van der Waals surface area (Å²) < 4.78 is 0. The zero-order chi connectivity index (χ0) is 19.7. The number of nitrogens with zero attached hydrogens (tertiary/aromatic N) is 1. The Morgan fingerprint density at radius 3 is 2.68 bits per heavy atom. The molecule has 0 saturated heterocycles. The lowest BCUT2D eigenvalue weighted by molar-refractivity contribution is -0.114. The van der Waals surface area contributed by atoms with E-state index in [9.17, 15) is 9.59 Å². The van der Waals surface area contributed by atoms with Gasteiger partial charge in [-0.3, -0.25) is 9.59 Å². The quantitative estimate of drug-likeness (QED) is 0.560. The van der Waals surface area contributed by atoms with E-state index in [2.05, 4.69) is 25.9 Å². The van der Waals surface area contributed by atoms with Gasteiger partial charge in [0.15, 0.2) is 5.78 Å². The van der Waals surface area contributed by atoms with Gasteiger partial charge < -0.3 is 20.9 Å². The van der Waals surface area contributed by atoms with Crippen LogP contribution in [0.3, 0.4) is 0 Å². The topological polar surface area (TPSA) is 98.9 Å². The van der Waals surface area contributed by atoms with Crippen molar-refractivity contribution < 1.29 is 9.59 Å². The molecule has 4 N–H and O–H groups in total. The Bertz CT molecular complexity index is 1050. The van der Waals surface area contributed by atoms with E-state index in [1.54, 1.807) is 12.3 Å². The summed E-state index contributed by atoms with van der Waals surface area (Å²) in [6.07, 6.45) is 1.64. The highest BCUT2D eigenvalue weighted by Gasteiger charge is 2.27. The molecular weight excluding hydrogens is 354 g/mol. The summed E-state index contributed by atoms with van der Waals surface area (Å²) in [5, 5.41) is 9.22. The first-order valence-electron chi connectivity index (χ1n) is 9.07. The number of anilines is 3. The number of carbonyl (C=O) groups is 2. The first-order chi connectivity index (χ1) is 13.5. The zero-order valence-corrected chi connectivity index (χ0v) is 15.7. The number of benzene rings is 1. The number of hydrogen-bond acceptors (Lipinski definition) is 5. The molecule has 0 saturated carbocycles. The van der Waals surface area contributed by atoms with Crippen molar-refractivity contribution in [1.82, 2.24) is 15.3 Å². The summed E-state index contributed by atoms with van der Waals surface area (Å²) in [5.74, 6) is 0.311. The van der Waals surface area contributed by atoms with Crippen LogP contribution in [0, 0.1) is 6.92 Å². The fourth-order valence-corrected chi connectivity index (χ4v) is 3.34. The highest BCUT2D eigenvalue weighted by atomic mass is 16.1. The van der Waals surface area contributed by atoms with E-state index in [4.69, 9.17) is 0 Å².